The van der Waals surface area contributed by atoms with E-state index in [4.69, 9.17) is 16.3 Å². The second kappa shape index (κ2) is 6.05. The van der Waals surface area contributed by atoms with Gasteiger partial charge in [0.2, 0.25) is 5.91 Å². The molecule has 1 heterocycles. The van der Waals surface area contributed by atoms with Crippen molar-refractivity contribution in [1.82, 2.24) is 0 Å². The van der Waals surface area contributed by atoms with Gasteiger partial charge in [-0.1, -0.05) is 41.9 Å². The van der Waals surface area contributed by atoms with E-state index >= 15 is 0 Å². The molecule has 1 unspecified atom stereocenters. The molecule has 3 rings (SSSR count). The molecule has 4 nitrogen and oxygen atoms in total. The maximum absolute atomic E-state index is 12.7. The van der Waals surface area contributed by atoms with Gasteiger partial charge < -0.3 is 10.1 Å². The number of hydrogen-bond acceptors (Lipinski definition) is 3. The number of halogens is 1. The molecule has 1 N–H and O–H groups in total. The minimum absolute atomic E-state index is 0.219. The molecule has 5 heteroatoms. The van der Waals surface area contributed by atoms with Crippen LogP contribution in [0.5, 0.6) is 0 Å². The number of nitrogens with one attached hydrogen (secondary N) is 1. The molecular formula is C18H16ClNO3. The molecule has 1 amide bonds. The fourth-order valence-electron chi connectivity index (χ4n) is 2.93. The summed E-state index contributed by atoms with van der Waals surface area (Å²) in [5, 5.41) is 3.40. The maximum atomic E-state index is 12.7. The minimum atomic E-state index is -1.36. The van der Waals surface area contributed by atoms with Crippen LogP contribution in [0.15, 0.2) is 48.5 Å². The Bertz CT molecular complexity index is 757. The van der Waals surface area contributed by atoms with E-state index in [0.29, 0.717) is 16.3 Å². The molecule has 23 heavy (non-hydrogen) atoms. The normalized spacial score (nSPS) is 19.1. The fraction of sp³-hybridized carbons (Fsp3) is 0.222. The average molecular weight is 330 g/mol. The van der Waals surface area contributed by atoms with Gasteiger partial charge in [-0.15, -0.1) is 0 Å². The molecule has 0 bridgehead atoms. The molecule has 0 saturated heterocycles. The lowest BCUT2D eigenvalue weighted by molar-refractivity contribution is -0.153. The van der Waals surface area contributed by atoms with Crippen molar-refractivity contribution in [1.29, 1.82) is 0 Å². The zero-order chi connectivity index (χ0) is 16.4. The monoisotopic (exact) mass is 329 g/mol. The van der Waals surface area contributed by atoms with Crippen LogP contribution in [0.4, 0.5) is 5.69 Å². The van der Waals surface area contributed by atoms with E-state index in [1.807, 2.05) is 24.3 Å². The van der Waals surface area contributed by atoms with E-state index in [1.54, 1.807) is 31.2 Å². The molecule has 118 valence electrons. The van der Waals surface area contributed by atoms with Gasteiger partial charge in [0.15, 0.2) is 5.41 Å². The van der Waals surface area contributed by atoms with Crippen LogP contribution in [-0.2, 0) is 26.2 Å². The number of para-hydroxylation sites is 1. The molecule has 0 saturated carbocycles. The highest BCUT2D eigenvalue weighted by Crippen LogP contribution is 2.41. The van der Waals surface area contributed by atoms with E-state index in [2.05, 4.69) is 5.32 Å². The van der Waals surface area contributed by atoms with E-state index in [1.165, 1.54) is 0 Å². The number of carbonyl (C=O) groups is 2. The lowest BCUT2D eigenvalue weighted by Crippen LogP contribution is -2.45. The van der Waals surface area contributed by atoms with Crippen LogP contribution in [0.1, 0.15) is 18.1 Å². The summed E-state index contributed by atoms with van der Waals surface area (Å²) in [4.78, 5) is 25.4. The molecule has 0 aliphatic carbocycles. The predicted molar refractivity (Wildman–Crippen MR) is 88.5 cm³/mol. The topological polar surface area (TPSA) is 55.4 Å². The van der Waals surface area contributed by atoms with Gasteiger partial charge in [0.25, 0.3) is 0 Å². The third-order valence-electron chi connectivity index (χ3n) is 4.03. The Morgan fingerprint density at radius 2 is 1.87 bits per heavy atom. The van der Waals surface area contributed by atoms with Crippen LogP contribution in [-0.4, -0.2) is 18.5 Å². The van der Waals surface area contributed by atoms with Crippen LogP contribution >= 0.6 is 11.6 Å². The Morgan fingerprint density at radius 1 is 1.17 bits per heavy atom. The van der Waals surface area contributed by atoms with Crippen LogP contribution in [0, 0.1) is 0 Å². The summed E-state index contributed by atoms with van der Waals surface area (Å²) < 4.78 is 5.23. The zero-order valence-electron chi connectivity index (χ0n) is 12.6. The Balaban J connectivity index is 2.10. The van der Waals surface area contributed by atoms with Gasteiger partial charge in [0, 0.05) is 22.7 Å². The molecule has 0 spiro atoms. The van der Waals surface area contributed by atoms with E-state index in [9.17, 15) is 9.59 Å². The molecule has 2 aromatic carbocycles. The summed E-state index contributed by atoms with van der Waals surface area (Å²) in [7, 11) is 0. The summed E-state index contributed by atoms with van der Waals surface area (Å²) >= 11 is 5.91. The number of hydrogen-bond donors (Lipinski definition) is 1. The second-order valence-electron chi connectivity index (χ2n) is 5.43. The molecule has 2 aromatic rings. The van der Waals surface area contributed by atoms with Gasteiger partial charge in [-0.25, -0.2) is 0 Å². The number of rotatable bonds is 4. The Labute approximate surface area is 139 Å². The largest absolute Gasteiger partial charge is 0.465 e. The van der Waals surface area contributed by atoms with Crippen LogP contribution in [0.3, 0.4) is 0 Å². The van der Waals surface area contributed by atoms with Crippen LogP contribution in [0.25, 0.3) is 0 Å². The number of fused-ring (bicyclic) bond motifs is 1. The fourth-order valence-corrected chi connectivity index (χ4v) is 3.05. The number of benzene rings is 2. The SMILES string of the molecule is CCOC(=O)C1(Cc2ccc(Cl)cc2)C(=O)Nc2ccccc21. The van der Waals surface area contributed by atoms with Gasteiger partial charge in [-0.2, -0.15) is 0 Å². The lowest BCUT2D eigenvalue weighted by atomic mass is 9.76. The van der Waals surface area contributed by atoms with Crippen molar-refractivity contribution in [2.45, 2.75) is 18.8 Å². The molecule has 1 aliphatic rings. The minimum Gasteiger partial charge on any atom is -0.465 e. The van der Waals surface area contributed by atoms with Crippen molar-refractivity contribution < 1.29 is 14.3 Å². The zero-order valence-corrected chi connectivity index (χ0v) is 13.4. The Morgan fingerprint density at radius 3 is 2.57 bits per heavy atom. The Kier molecular flexibility index (Phi) is 4.09. The highest BCUT2D eigenvalue weighted by atomic mass is 35.5. The first kappa shape index (κ1) is 15.6. The molecule has 1 atom stereocenters. The standard InChI is InChI=1S/C18H16ClNO3/c1-2-23-17(22)18(11-12-7-9-13(19)10-8-12)14-5-3-4-6-15(14)20-16(18)21/h3-10H,2,11H2,1H3,(H,20,21). The lowest BCUT2D eigenvalue weighted by Gasteiger charge is -2.25. The first-order chi connectivity index (χ1) is 11.1. The highest BCUT2D eigenvalue weighted by Gasteiger charge is 2.54. The first-order valence-corrected chi connectivity index (χ1v) is 7.78. The molecule has 1 aliphatic heterocycles. The summed E-state index contributed by atoms with van der Waals surface area (Å²) in [6, 6.07) is 14.3. The second-order valence-corrected chi connectivity index (χ2v) is 5.87. The van der Waals surface area contributed by atoms with Crippen LogP contribution in [0.2, 0.25) is 5.02 Å². The average Bonchev–Trinajstić information content (AvgIpc) is 2.83. The van der Waals surface area contributed by atoms with Crippen molar-refractivity contribution in [3.8, 4) is 0 Å². The Hall–Kier alpha value is -2.33. The van der Waals surface area contributed by atoms with Crippen molar-refractivity contribution in [3.63, 3.8) is 0 Å². The van der Waals surface area contributed by atoms with Crippen molar-refractivity contribution in [2.75, 3.05) is 11.9 Å². The summed E-state index contributed by atoms with van der Waals surface area (Å²) in [6.45, 7) is 1.95. The smallest absolute Gasteiger partial charge is 0.326 e. The number of carbonyl (C=O) groups excluding carboxylic acids is 2. The van der Waals surface area contributed by atoms with Crippen molar-refractivity contribution in [2.24, 2.45) is 0 Å². The van der Waals surface area contributed by atoms with E-state index in [-0.39, 0.29) is 18.9 Å². The summed E-state index contributed by atoms with van der Waals surface area (Å²) in [5.74, 6) is -0.885. The van der Waals surface area contributed by atoms with Crippen LogP contribution < -0.4 is 5.32 Å². The van der Waals surface area contributed by atoms with Gasteiger partial charge in [-0.3, -0.25) is 9.59 Å². The third-order valence-corrected chi connectivity index (χ3v) is 4.28. The van der Waals surface area contributed by atoms with Gasteiger partial charge >= 0.3 is 5.97 Å². The van der Waals surface area contributed by atoms with Gasteiger partial charge in [-0.05, 0) is 30.7 Å². The number of esters is 1. The van der Waals surface area contributed by atoms with E-state index < -0.39 is 11.4 Å². The summed E-state index contributed by atoms with van der Waals surface area (Å²) in [5.41, 5.74) is 0.785. The number of ether oxygens (including phenoxy) is 1. The van der Waals surface area contributed by atoms with Gasteiger partial charge in [0.05, 0.1) is 6.61 Å². The van der Waals surface area contributed by atoms with Crippen molar-refractivity contribution in [3.05, 3.63) is 64.7 Å². The van der Waals surface area contributed by atoms with E-state index in [0.717, 1.165) is 5.56 Å². The van der Waals surface area contributed by atoms with Crippen molar-refractivity contribution >= 4 is 29.2 Å². The molecule has 0 radical (unpaired) electrons. The first-order valence-electron chi connectivity index (χ1n) is 7.40. The van der Waals surface area contributed by atoms with Gasteiger partial charge in [0.1, 0.15) is 0 Å². The molecule has 0 fully saturated rings. The molecule has 0 aromatic heterocycles. The highest BCUT2D eigenvalue weighted by molar-refractivity contribution is 6.30. The number of amides is 1. The molecular weight excluding hydrogens is 314 g/mol. The predicted octanol–water partition coefficient (Wildman–Crippen LogP) is 3.34. The quantitative estimate of drug-likeness (QED) is 0.691. The maximum Gasteiger partial charge on any atom is 0.326 e. The number of anilines is 1. The third kappa shape index (κ3) is 2.59. The summed E-state index contributed by atoms with van der Waals surface area (Å²) in [6.07, 6.45) is 0.228.